The van der Waals surface area contributed by atoms with Gasteiger partial charge in [0.15, 0.2) is 5.69 Å². The number of aromatic nitrogens is 2. The van der Waals surface area contributed by atoms with Gasteiger partial charge in [0.2, 0.25) is 0 Å². The van der Waals surface area contributed by atoms with Crippen LogP contribution in [0.3, 0.4) is 0 Å². The van der Waals surface area contributed by atoms with E-state index in [0.717, 1.165) is 43.6 Å². The fraction of sp³-hybridized carbons (Fsp3) is 0.353. The molecule has 6 heteroatoms. The summed E-state index contributed by atoms with van der Waals surface area (Å²) in [6.07, 6.45) is 4.74. The number of amides is 2. The maximum atomic E-state index is 12.4. The number of rotatable bonds is 2. The van der Waals surface area contributed by atoms with Crippen molar-refractivity contribution >= 4 is 17.6 Å². The quantitative estimate of drug-likeness (QED) is 0.927. The lowest BCUT2D eigenvalue weighted by molar-refractivity contribution is 0.0718. The predicted octanol–water partition coefficient (Wildman–Crippen LogP) is 2.90. The molecule has 2 heterocycles. The third kappa shape index (κ3) is 3.41. The molecule has 3 rings (SSSR count). The molecule has 0 atom stereocenters. The van der Waals surface area contributed by atoms with Crippen molar-refractivity contribution in [2.75, 3.05) is 18.4 Å². The van der Waals surface area contributed by atoms with E-state index in [0.29, 0.717) is 5.69 Å². The van der Waals surface area contributed by atoms with Gasteiger partial charge in [-0.3, -0.25) is 4.79 Å². The first-order chi connectivity index (χ1) is 11.1. The van der Waals surface area contributed by atoms with Gasteiger partial charge in [0.05, 0.1) is 0 Å². The molecule has 0 bridgehead atoms. The summed E-state index contributed by atoms with van der Waals surface area (Å²) in [5.41, 5.74) is 2.02. The number of nitrogens with zero attached hydrogens (tertiary/aromatic N) is 3. The number of hydrogen-bond donors (Lipinski definition) is 1. The summed E-state index contributed by atoms with van der Waals surface area (Å²) >= 11 is 0. The minimum atomic E-state index is -0.378. The van der Waals surface area contributed by atoms with Crippen molar-refractivity contribution in [1.82, 2.24) is 14.7 Å². The Morgan fingerprint density at radius 3 is 2.57 bits per heavy atom. The third-order valence-electron chi connectivity index (χ3n) is 4.05. The second-order valence-corrected chi connectivity index (χ2v) is 5.74. The van der Waals surface area contributed by atoms with E-state index in [-0.39, 0.29) is 11.9 Å². The molecule has 0 unspecified atom stereocenters. The molecule has 1 aromatic heterocycles. The topological polar surface area (TPSA) is 67.2 Å². The van der Waals surface area contributed by atoms with Gasteiger partial charge in [-0.15, -0.1) is 0 Å². The molecule has 1 saturated heterocycles. The average molecular weight is 312 g/mol. The molecule has 120 valence electrons. The molecule has 6 nitrogen and oxygen atoms in total. The fourth-order valence-electron chi connectivity index (χ4n) is 2.70. The van der Waals surface area contributed by atoms with Gasteiger partial charge in [-0.25, -0.2) is 4.79 Å². The number of nitrogens with one attached hydrogen (secondary N) is 1. The molecule has 1 aromatic carbocycles. The number of para-hydroxylation sites is 1. The Bertz CT molecular complexity index is 717. The lowest BCUT2D eigenvalue weighted by atomic mass is 10.1. The van der Waals surface area contributed by atoms with Gasteiger partial charge in [-0.1, -0.05) is 18.2 Å². The zero-order valence-corrected chi connectivity index (χ0v) is 13.2. The zero-order chi connectivity index (χ0) is 16.2. The van der Waals surface area contributed by atoms with Crippen LogP contribution in [-0.4, -0.2) is 39.7 Å². The van der Waals surface area contributed by atoms with E-state index in [1.54, 1.807) is 11.0 Å². The molecule has 1 aliphatic rings. The van der Waals surface area contributed by atoms with Crippen LogP contribution in [0.4, 0.5) is 10.5 Å². The van der Waals surface area contributed by atoms with Crippen molar-refractivity contribution in [3.8, 4) is 0 Å². The molecule has 0 radical (unpaired) electrons. The Hall–Kier alpha value is -2.63. The van der Waals surface area contributed by atoms with E-state index in [1.165, 1.54) is 10.9 Å². The highest BCUT2D eigenvalue weighted by atomic mass is 16.2. The van der Waals surface area contributed by atoms with Crippen LogP contribution in [0, 0.1) is 6.92 Å². The highest BCUT2D eigenvalue weighted by molar-refractivity contribution is 5.94. The fourth-order valence-corrected chi connectivity index (χ4v) is 2.70. The molecular weight excluding hydrogens is 292 g/mol. The summed E-state index contributed by atoms with van der Waals surface area (Å²) in [5, 5.41) is 6.92. The largest absolute Gasteiger partial charge is 0.346 e. The van der Waals surface area contributed by atoms with Gasteiger partial charge >= 0.3 is 6.03 Å². The van der Waals surface area contributed by atoms with Gasteiger partial charge in [0.25, 0.3) is 5.91 Å². The SMILES string of the molecule is Cc1ccccc1NC(=O)n1ccc(C(=O)N2CCCCC2)n1. The highest BCUT2D eigenvalue weighted by Crippen LogP contribution is 2.14. The van der Waals surface area contributed by atoms with Crippen molar-refractivity contribution in [3.05, 3.63) is 47.8 Å². The number of likely N-dealkylation sites (tertiary alicyclic amines) is 1. The van der Waals surface area contributed by atoms with Crippen molar-refractivity contribution < 1.29 is 9.59 Å². The van der Waals surface area contributed by atoms with Crippen LogP contribution in [0.15, 0.2) is 36.5 Å². The van der Waals surface area contributed by atoms with Crippen molar-refractivity contribution in [3.63, 3.8) is 0 Å². The number of aryl methyl sites for hydroxylation is 1. The molecule has 2 amide bonds. The Labute approximate surface area is 135 Å². The number of carbonyl (C=O) groups is 2. The third-order valence-corrected chi connectivity index (χ3v) is 4.05. The number of carbonyl (C=O) groups excluding carboxylic acids is 2. The summed E-state index contributed by atoms with van der Waals surface area (Å²) in [6.45, 7) is 3.45. The van der Waals surface area contributed by atoms with Crippen LogP contribution in [-0.2, 0) is 0 Å². The first-order valence-corrected chi connectivity index (χ1v) is 7.87. The lowest BCUT2D eigenvalue weighted by Gasteiger charge is -2.25. The number of piperidine rings is 1. The smallest absolute Gasteiger partial charge is 0.337 e. The first kappa shape index (κ1) is 15.3. The predicted molar refractivity (Wildman–Crippen MR) is 87.6 cm³/mol. The van der Waals surface area contributed by atoms with Crippen LogP contribution < -0.4 is 5.32 Å². The molecule has 1 N–H and O–H groups in total. The summed E-state index contributed by atoms with van der Waals surface area (Å²) in [6, 6.07) is 8.73. The van der Waals surface area contributed by atoms with Gasteiger partial charge in [0, 0.05) is 25.0 Å². The van der Waals surface area contributed by atoms with Crippen LogP contribution in [0.1, 0.15) is 35.3 Å². The summed E-state index contributed by atoms with van der Waals surface area (Å²) in [4.78, 5) is 26.4. The second-order valence-electron chi connectivity index (χ2n) is 5.74. The molecule has 0 saturated carbocycles. The summed E-state index contributed by atoms with van der Waals surface area (Å²) in [7, 11) is 0. The van der Waals surface area contributed by atoms with Crippen molar-refractivity contribution in [1.29, 1.82) is 0 Å². The van der Waals surface area contributed by atoms with E-state index in [1.807, 2.05) is 31.2 Å². The summed E-state index contributed by atoms with van der Waals surface area (Å²) in [5.74, 6) is -0.104. The zero-order valence-electron chi connectivity index (χ0n) is 13.2. The minimum Gasteiger partial charge on any atom is -0.337 e. The number of anilines is 1. The Morgan fingerprint density at radius 2 is 1.83 bits per heavy atom. The van der Waals surface area contributed by atoms with Crippen molar-refractivity contribution in [2.24, 2.45) is 0 Å². The van der Waals surface area contributed by atoms with Crippen molar-refractivity contribution in [2.45, 2.75) is 26.2 Å². The van der Waals surface area contributed by atoms with Crippen LogP contribution in [0.5, 0.6) is 0 Å². The first-order valence-electron chi connectivity index (χ1n) is 7.87. The lowest BCUT2D eigenvalue weighted by Crippen LogP contribution is -2.36. The monoisotopic (exact) mass is 312 g/mol. The Balaban J connectivity index is 1.70. The summed E-state index contributed by atoms with van der Waals surface area (Å²) < 4.78 is 1.17. The van der Waals surface area contributed by atoms with Gasteiger partial charge in [0.1, 0.15) is 0 Å². The van der Waals surface area contributed by atoms with E-state index >= 15 is 0 Å². The van der Waals surface area contributed by atoms with Crippen LogP contribution in [0.2, 0.25) is 0 Å². The molecule has 0 spiro atoms. The van der Waals surface area contributed by atoms with Gasteiger partial charge in [-0.05, 0) is 43.9 Å². The normalized spacial score (nSPS) is 14.6. The Morgan fingerprint density at radius 1 is 1.09 bits per heavy atom. The van der Waals surface area contributed by atoms with Gasteiger partial charge < -0.3 is 10.2 Å². The second kappa shape index (κ2) is 6.64. The molecule has 1 aliphatic heterocycles. The maximum absolute atomic E-state index is 12.4. The number of benzene rings is 1. The number of hydrogen-bond acceptors (Lipinski definition) is 3. The molecular formula is C17H20N4O2. The molecule has 2 aromatic rings. The van der Waals surface area contributed by atoms with Crippen LogP contribution >= 0.6 is 0 Å². The standard InChI is InChI=1S/C17H20N4O2/c1-13-7-3-4-8-14(13)18-17(23)21-12-9-15(19-21)16(22)20-10-5-2-6-11-20/h3-4,7-9,12H,2,5-6,10-11H2,1H3,(H,18,23). The maximum Gasteiger partial charge on any atom is 0.346 e. The Kier molecular flexibility index (Phi) is 4.41. The van der Waals surface area contributed by atoms with Gasteiger partial charge in [-0.2, -0.15) is 9.78 Å². The molecule has 1 fully saturated rings. The molecule has 23 heavy (non-hydrogen) atoms. The molecule has 0 aliphatic carbocycles. The van der Waals surface area contributed by atoms with E-state index in [4.69, 9.17) is 0 Å². The van der Waals surface area contributed by atoms with E-state index < -0.39 is 0 Å². The minimum absolute atomic E-state index is 0.104. The average Bonchev–Trinajstić information content (AvgIpc) is 3.07. The van der Waals surface area contributed by atoms with E-state index in [2.05, 4.69) is 10.4 Å². The van der Waals surface area contributed by atoms with Crippen LogP contribution in [0.25, 0.3) is 0 Å². The highest BCUT2D eigenvalue weighted by Gasteiger charge is 2.21. The van der Waals surface area contributed by atoms with E-state index in [9.17, 15) is 9.59 Å².